The van der Waals surface area contributed by atoms with Gasteiger partial charge >= 0.3 is 0 Å². The van der Waals surface area contributed by atoms with Crippen molar-refractivity contribution in [3.8, 4) is 0 Å². The number of rotatable bonds is 7. The van der Waals surface area contributed by atoms with E-state index in [1.807, 2.05) is 44.4 Å². The lowest BCUT2D eigenvalue weighted by Crippen LogP contribution is -2.24. The van der Waals surface area contributed by atoms with Crippen LogP contribution in [0, 0.1) is 0 Å². The molecule has 0 unspecified atom stereocenters. The minimum atomic E-state index is 0.0684. The molecule has 4 nitrogen and oxygen atoms in total. The molecule has 0 aliphatic carbocycles. The van der Waals surface area contributed by atoms with Gasteiger partial charge in [0, 0.05) is 25.9 Å². The number of amides is 1. The smallest absolute Gasteiger partial charge is 0.220 e. The van der Waals surface area contributed by atoms with Crippen molar-refractivity contribution < 1.29 is 4.79 Å². The average molecular weight is 353 g/mol. The minimum Gasteiger partial charge on any atom is -0.352 e. The Hall–Kier alpha value is -2.24. The molecule has 0 atom stereocenters. The lowest BCUT2D eigenvalue weighted by Gasteiger charge is -2.14. The first-order valence-electron chi connectivity index (χ1n) is 8.44. The molecule has 1 heterocycles. The Kier molecular flexibility index (Phi) is 5.79. The molecule has 3 aromatic rings. The molecule has 25 heavy (non-hydrogen) atoms. The summed E-state index contributed by atoms with van der Waals surface area (Å²) >= 11 is 1.67. The Balaban J connectivity index is 1.53. The fourth-order valence-corrected chi connectivity index (χ4v) is 3.72. The second-order valence-corrected chi connectivity index (χ2v) is 7.47. The number of thiazole rings is 1. The standard InChI is InChI=1S/C20H23N3OS/c1-23(2)14-16-8-4-3-7-15(16)13-21-19(24)11-12-20-22-17-9-5-6-10-18(17)25-20/h3-10H,11-14H2,1-2H3,(H,21,24). The molecule has 130 valence electrons. The van der Waals surface area contributed by atoms with Crippen molar-refractivity contribution in [2.75, 3.05) is 14.1 Å². The van der Waals surface area contributed by atoms with Gasteiger partial charge in [-0.1, -0.05) is 36.4 Å². The first-order valence-corrected chi connectivity index (χ1v) is 9.26. The zero-order valence-corrected chi connectivity index (χ0v) is 15.5. The van der Waals surface area contributed by atoms with E-state index in [9.17, 15) is 4.79 Å². The van der Waals surface area contributed by atoms with Crippen molar-refractivity contribution in [1.29, 1.82) is 0 Å². The number of benzene rings is 2. The molecule has 0 saturated carbocycles. The van der Waals surface area contributed by atoms with Crippen molar-refractivity contribution in [2.45, 2.75) is 25.9 Å². The molecule has 5 heteroatoms. The van der Waals surface area contributed by atoms with Gasteiger partial charge in [0.05, 0.1) is 15.2 Å². The highest BCUT2D eigenvalue weighted by Gasteiger charge is 2.08. The van der Waals surface area contributed by atoms with Crippen LogP contribution in [0.25, 0.3) is 10.2 Å². The zero-order chi connectivity index (χ0) is 17.6. The van der Waals surface area contributed by atoms with E-state index in [2.05, 4.69) is 33.4 Å². The maximum absolute atomic E-state index is 12.2. The Morgan fingerprint density at radius 2 is 1.80 bits per heavy atom. The third kappa shape index (κ3) is 4.87. The summed E-state index contributed by atoms with van der Waals surface area (Å²) in [5, 5.41) is 4.05. The van der Waals surface area contributed by atoms with Crippen molar-refractivity contribution in [3.63, 3.8) is 0 Å². The molecule has 1 aromatic heterocycles. The highest BCUT2D eigenvalue weighted by Crippen LogP contribution is 2.22. The van der Waals surface area contributed by atoms with Crippen LogP contribution < -0.4 is 5.32 Å². The summed E-state index contributed by atoms with van der Waals surface area (Å²) in [6.07, 6.45) is 1.15. The van der Waals surface area contributed by atoms with E-state index in [-0.39, 0.29) is 5.91 Å². The second kappa shape index (κ2) is 8.23. The molecule has 2 aromatic carbocycles. The van der Waals surface area contributed by atoms with Crippen LogP contribution in [-0.4, -0.2) is 29.9 Å². The van der Waals surface area contributed by atoms with Crippen molar-refractivity contribution in [2.24, 2.45) is 0 Å². The first kappa shape index (κ1) is 17.6. The molecule has 0 fully saturated rings. The number of nitrogens with zero attached hydrogens (tertiary/aromatic N) is 2. The lowest BCUT2D eigenvalue weighted by molar-refractivity contribution is -0.121. The number of aryl methyl sites for hydroxylation is 1. The SMILES string of the molecule is CN(C)Cc1ccccc1CNC(=O)CCc1nc2ccccc2s1. The van der Waals surface area contributed by atoms with Crippen molar-refractivity contribution in [1.82, 2.24) is 15.2 Å². The van der Waals surface area contributed by atoms with Gasteiger partial charge in [-0.05, 0) is 37.4 Å². The average Bonchev–Trinajstić information content (AvgIpc) is 3.01. The molecular formula is C20H23N3OS. The first-order chi connectivity index (χ1) is 12.1. The van der Waals surface area contributed by atoms with E-state index in [0.29, 0.717) is 19.4 Å². The van der Waals surface area contributed by atoms with Gasteiger partial charge in [-0.2, -0.15) is 0 Å². The molecule has 1 N–H and O–H groups in total. The highest BCUT2D eigenvalue weighted by molar-refractivity contribution is 7.18. The molecule has 0 radical (unpaired) electrons. The van der Waals surface area contributed by atoms with Crippen LogP contribution in [0.3, 0.4) is 0 Å². The number of carbonyl (C=O) groups is 1. The lowest BCUT2D eigenvalue weighted by atomic mass is 10.1. The largest absolute Gasteiger partial charge is 0.352 e. The molecule has 3 rings (SSSR count). The predicted octanol–water partition coefficient (Wildman–Crippen LogP) is 3.61. The Morgan fingerprint density at radius 3 is 2.56 bits per heavy atom. The van der Waals surface area contributed by atoms with Crippen LogP contribution in [0.15, 0.2) is 48.5 Å². The van der Waals surface area contributed by atoms with Gasteiger partial charge in [-0.25, -0.2) is 4.98 Å². The Bertz CT molecular complexity index is 824. The van der Waals surface area contributed by atoms with Crippen LogP contribution in [0.1, 0.15) is 22.6 Å². The van der Waals surface area contributed by atoms with Crippen LogP contribution in [0.4, 0.5) is 0 Å². The highest BCUT2D eigenvalue weighted by atomic mass is 32.1. The molecular weight excluding hydrogens is 330 g/mol. The van der Waals surface area contributed by atoms with E-state index in [1.54, 1.807) is 11.3 Å². The summed E-state index contributed by atoms with van der Waals surface area (Å²) in [7, 11) is 4.10. The normalized spacial score (nSPS) is 11.2. The fraction of sp³-hybridized carbons (Fsp3) is 0.300. The predicted molar refractivity (Wildman–Crippen MR) is 104 cm³/mol. The van der Waals surface area contributed by atoms with E-state index < -0.39 is 0 Å². The second-order valence-electron chi connectivity index (χ2n) is 6.36. The van der Waals surface area contributed by atoms with Gasteiger partial charge in [0.25, 0.3) is 0 Å². The van der Waals surface area contributed by atoms with Gasteiger partial charge in [-0.15, -0.1) is 11.3 Å². The van der Waals surface area contributed by atoms with Gasteiger partial charge in [0.2, 0.25) is 5.91 Å². The quantitative estimate of drug-likeness (QED) is 0.706. The summed E-state index contributed by atoms with van der Waals surface area (Å²) in [5.74, 6) is 0.0684. The summed E-state index contributed by atoms with van der Waals surface area (Å²) in [5.41, 5.74) is 3.43. The number of hydrogen-bond acceptors (Lipinski definition) is 4. The number of fused-ring (bicyclic) bond motifs is 1. The number of nitrogens with one attached hydrogen (secondary N) is 1. The summed E-state index contributed by atoms with van der Waals surface area (Å²) in [6.45, 7) is 1.44. The monoisotopic (exact) mass is 353 g/mol. The van der Waals surface area contributed by atoms with E-state index in [0.717, 1.165) is 17.1 Å². The van der Waals surface area contributed by atoms with Crippen LogP contribution in [0.2, 0.25) is 0 Å². The van der Waals surface area contributed by atoms with Crippen LogP contribution >= 0.6 is 11.3 Å². The summed E-state index contributed by atoms with van der Waals surface area (Å²) in [6, 6.07) is 16.3. The Labute approximate surface area is 152 Å². The summed E-state index contributed by atoms with van der Waals surface area (Å²) in [4.78, 5) is 18.9. The number of aromatic nitrogens is 1. The fourth-order valence-electron chi connectivity index (χ4n) is 2.75. The molecule has 0 spiro atoms. The maximum Gasteiger partial charge on any atom is 0.220 e. The van der Waals surface area contributed by atoms with Crippen LogP contribution in [0.5, 0.6) is 0 Å². The van der Waals surface area contributed by atoms with Gasteiger partial charge in [0.15, 0.2) is 0 Å². The summed E-state index contributed by atoms with van der Waals surface area (Å²) < 4.78 is 1.18. The van der Waals surface area contributed by atoms with Crippen molar-refractivity contribution in [3.05, 3.63) is 64.7 Å². The molecule has 0 saturated heterocycles. The van der Waals surface area contributed by atoms with Gasteiger partial charge in [0.1, 0.15) is 0 Å². The van der Waals surface area contributed by atoms with E-state index >= 15 is 0 Å². The topological polar surface area (TPSA) is 45.2 Å². The number of para-hydroxylation sites is 1. The molecule has 1 amide bonds. The van der Waals surface area contributed by atoms with Crippen LogP contribution in [-0.2, 0) is 24.3 Å². The zero-order valence-electron chi connectivity index (χ0n) is 14.7. The minimum absolute atomic E-state index is 0.0684. The third-order valence-corrected chi connectivity index (χ3v) is 5.08. The van der Waals surface area contributed by atoms with Crippen molar-refractivity contribution >= 4 is 27.5 Å². The van der Waals surface area contributed by atoms with Gasteiger partial charge in [-0.3, -0.25) is 4.79 Å². The van der Waals surface area contributed by atoms with E-state index in [4.69, 9.17) is 0 Å². The molecule has 0 bridgehead atoms. The molecule has 0 aliphatic rings. The maximum atomic E-state index is 12.2. The number of carbonyl (C=O) groups excluding carboxylic acids is 1. The number of hydrogen-bond donors (Lipinski definition) is 1. The van der Waals surface area contributed by atoms with E-state index in [1.165, 1.54) is 15.8 Å². The molecule has 0 aliphatic heterocycles. The third-order valence-electron chi connectivity index (χ3n) is 3.99. The Morgan fingerprint density at radius 1 is 1.08 bits per heavy atom. The van der Waals surface area contributed by atoms with Gasteiger partial charge < -0.3 is 10.2 Å².